The Morgan fingerprint density at radius 3 is 2.60 bits per heavy atom. The minimum atomic E-state index is -0.262. The van der Waals surface area contributed by atoms with E-state index in [4.69, 9.17) is 21.1 Å². The first-order valence-electron chi connectivity index (χ1n) is 8.15. The van der Waals surface area contributed by atoms with Crippen LogP contribution in [-0.4, -0.2) is 10.9 Å². The lowest BCUT2D eigenvalue weighted by Crippen LogP contribution is -2.09. The van der Waals surface area contributed by atoms with E-state index in [0.717, 1.165) is 39.0 Å². The van der Waals surface area contributed by atoms with Gasteiger partial charge in [0.2, 0.25) is 0 Å². The van der Waals surface area contributed by atoms with Crippen LogP contribution in [-0.2, 0) is 6.42 Å². The minimum Gasteiger partial charge on any atom is -0.359 e. The number of aromatic nitrogens is 1. The summed E-state index contributed by atoms with van der Waals surface area (Å²) in [6.45, 7) is 1.88. The molecular formula is C20H16ClFN2O. The minimum absolute atomic E-state index is 0.117. The van der Waals surface area contributed by atoms with Crippen molar-refractivity contribution in [2.75, 3.05) is 0 Å². The SMILES string of the molecule is Cc1noc2c1N=C(c1ccc(F)cc1)CC(c1ccccc1Cl)C2. The zero-order valence-corrected chi connectivity index (χ0v) is 14.4. The van der Waals surface area contributed by atoms with Gasteiger partial charge in [-0.05, 0) is 48.6 Å². The molecule has 3 nitrogen and oxygen atoms in total. The molecule has 0 aliphatic carbocycles. The molecule has 0 saturated heterocycles. The molecule has 1 unspecified atom stereocenters. The molecule has 2 aromatic carbocycles. The van der Waals surface area contributed by atoms with Gasteiger partial charge in [0.05, 0.1) is 0 Å². The number of nitrogens with zero attached hydrogens (tertiary/aromatic N) is 2. The van der Waals surface area contributed by atoms with Crippen molar-refractivity contribution in [2.45, 2.75) is 25.7 Å². The van der Waals surface area contributed by atoms with Crippen molar-refractivity contribution in [3.05, 3.63) is 82.0 Å². The second-order valence-corrected chi connectivity index (χ2v) is 6.64. The largest absolute Gasteiger partial charge is 0.359 e. The second-order valence-electron chi connectivity index (χ2n) is 6.23. The molecule has 0 bridgehead atoms. The molecule has 126 valence electrons. The number of hydrogen-bond acceptors (Lipinski definition) is 3. The summed E-state index contributed by atoms with van der Waals surface area (Å²) in [6, 6.07) is 14.2. The topological polar surface area (TPSA) is 38.4 Å². The summed E-state index contributed by atoms with van der Waals surface area (Å²) in [5.74, 6) is 0.619. The highest BCUT2D eigenvalue weighted by Gasteiger charge is 2.27. The van der Waals surface area contributed by atoms with Crippen LogP contribution >= 0.6 is 11.6 Å². The number of benzene rings is 2. The van der Waals surface area contributed by atoms with Gasteiger partial charge in [0.25, 0.3) is 0 Å². The number of rotatable bonds is 2. The standard InChI is InChI=1S/C20H16ClFN2O/c1-12-20-19(25-24-12)11-14(16-4-2-3-5-17(16)21)10-18(23-20)13-6-8-15(22)9-7-13/h2-9,14H,10-11H2,1H3. The molecule has 2 heterocycles. The molecular weight excluding hydrogens is 339 g/mol. The van der Waals surface area contributed by atoms with Crippen LogP contribution in [0.15, 0.2) is 58.0 Å². The zero-order valence-electron chi connectivity index (χ0n) is 13.7. The van der Waals surface area contributed by atoms with Gasteiger partial charge < -0.3 is 4.52 Å². The molecule has 1 aliphatic rings. The number of fused-ring (bicyclic) bond motifs is 1. The average Bonchev–Trinajstić information content (AvgIpc) is 2.84. The predicted molar refractivity (Wildman–Crippen MR) is 96.4 cm³/mol. The maximum Gasteiger partial charge on any atom is 0.163 e. The Kier molecular flexibility index (Phi) is 4.14. The van der Waals surface area contributed by atoms with Crippen LogP contribution in [0, 0.1) is 12.7 Å². The van der Waals surface area contributed by atoms with Gasteiger partial charge in [0.1, 0.15) is 17.2 Å². The monoisotopic (exact) mass is 354 g/mol. The maximum absolute atomic E-state index is 13.3. The smallest absolute Gasteiger partial charge is 0.163 e. The van der Waals surface area contributed by atoms with E-state index in [-0.39, 0.29) is 11.7 Å². The van der Waals surface area contributed by atoms with Gasteiger partial charge in [0, 0.05) is 17.2 Å². The molecule has 1 atom stereocenters. The predicted octanol–water partition coefficient (Wildman–Crippen LogP) is 5.63. The Bertz CT molecular complexity index is 947. The van der Waals surface area contributed by atoms with Crippen LogP contribution in [0.1, 0.15) is 34.9 Å². The average molecular weight is 355 g/mol. The first kappa shape index (κ1) is 16.0. The van der Waals surface area contributed by atoms with Gasteiger partial charge in [-0.3, -0.25) is 0 Å². The summed E-state index contributed by atoms with van der Waals surface area (Å²) in [5.41, 5.74) is 4.37. The summed E-state index contributed by atoms with van der Waals surface area (Å²) in [5, 5.41) is 4.79. The second kappa shape index (κ2) is 6.45. The third kappa shape index (κ3) is 3.10. The lowest BCUT2D eigenvalue weighted by Gasteiger charge is -2.17. The molecule has 0 radical (unpaired) electrons. The zero-order chi connectivity index (χ0) is 17.4. The summed E-state index contributed by atoms with van der Waals surface area (Å²) in [7, 11) is 0. The molecule has 0 fully saturated rings. The number of hydrogen-bond donors (Lipinski definition) is 0. The Labute approximate surface area is 150 Å². The van der Waals surface area contributed by atoms with E-state index in [9.17, 15) is 4.39 Å². The van der Waals surface area contributed by atoms with Gasteiger partial charge in [-0.1, -0.05) is 47.1 Å². The van der Waals surface area contributed by atoms with E-state index >= 15 is 0 Å². The van der Waals surface area contributed by atoms with E-state index < -0.39 is 0 Å². The van der Waals surface area contributed by atoms with E-state index in [0.29, 0.717) is 12.8 Å². The highest BCUT2D eigenvalue weighted by Crippen LogP contribution is 2.38. The number of aryl methyl sites for hydroxylation is 1. The Balaban J connectivity index is 1.82. The fourth-order valence-electron chi connectivity index (χ4n) is 3.25. The Hall–Kier alpha value is -2.46. The quantitative estimate of drug-likeness (QED) is 0.598. The van der Waals surface area contributed by atoms with Crippen molar-refractivity contribution in [2.24, 2.45) is 4.99 Å². The van der Waals surface area contributed by atoms with E-state index in [1.807, 2.05) is 31.2 Å². The number of aliphatic imine (C=N–C) groups is 1. The third-order valence-corrected chi connectivity index (χ3v) is 4.88. The van der Waals surface area contributed by atoms with E-state index in [1.165, 1.54) is 12.1 Å². The van der Waals surface area contributed by atoms with Crippen molar-refractivity contribution in [1.29, 1.82) is 0 Å². The molecule has 0 amide bonds. The van der Waals surface area contributed by atoms with Gasteiger partial charge in [0.15, 0.2) is 5.76 Å². The van der Waals surface area contributed by atoms with Crippen molar-refractivity contribution in [3.63, 3.8) is 0 Å². The highest BCUT2D eigenvalue weighted by atomic mass is 35.5. The molecule has 4 rings (SSSR count). The van der Waals surface area contributed by atoms with Crippen molar-refractivity contribution in [1.82, 2.24) is 5.16 Å². The molecule has 5 heteroatoms. The van der Waals surface area contributed by atoms with E-state index in [1.54, 1.807) is 12.1 Å². The normalized spacial score (nSPS) is 16.9. The lowest BCUT2D eigenvalue weighted by atomic mass is 9.88. The summed E-state index contributed by atoms with van der Waals surface area (Å²) < 4.78 is 18.8. The first-order chi connectivity index (χ1) is 12.1. The summed E-state index contributed by atoms with van der Waals surface area (Å²) >= 11 is 6.42. The van der Waals surface area contributed by atoms with Crippen molar-refractivity contribution < 1.29 is 8.91 Å². The summed E-state index contributed by atoms with van der Waals surface area (Å²) in [4.78, 5) is 4.80. The lowest BCUT2D eigenvalue weighted by molar-refractivity contribution is 0.373. The van der Waals surface area contributed by atoms with Crippen LogP contribution in [0.25, 0.3) is 0 Å². The first-order valence-corrected chi connectivity index (χ1v) is 8.52. The van der Waals surface area contributed by atoms with Gasteiger partial charge in [-0.15, -0.1) is 0 Å². The molecule has 1 aromatic heterocycles. The fraction of sp³-hybridized carbons (Fsp3) is 0.200. The summed E-state index contributed by atoms with van der Waals surface area (Å²) in [6.07, 6.45) is 1.37. The molecule has 0 N–H and O–H groups in total. The molecule has 1 aliphatic heterocycles. The Morgan fingerprint density at radius 2 is 1.84 bits per heavy atom. The van der Waals surface area contributed by atoms with Gasteiger partial charge in [-0.2, -0.15) is 0 Å². The fourth-order valence-corrected chi connectivity index (χ4v) is 3.54. The Morgan fingerprint density at radius 1 is 1.08 bits per heavy atom. The van der Waals surface area contributed by atoms with Crippen LogP contribution in [0.5, 0.6) is 0 Å². The van der Waals surface area contributed by atoms with Crippen LogP contribution in [0.4, 0.5) is 10.1 Å². The van der Waals surface area contributed by atoms with Crippen LogP contribution in [0.2, 0.25) is 5.02 Å². The molecule has 25 heavy (non-hydrogen) atoms. The highest BCUT2D eigenvalue weighted by molar-refractivity contribution is 6.31. The van der Waals surface area contributed by atoms with Gasteiger partial charge >= 0.3 is 0 Å². The van der Waals surface area contributed by atoms with Crippen molar-refractivity contribution in [3.8, 4) is 0 Å². The molecule has 0 saturated carbocycles. The van der Waals surface area contributed by atoms with Crippen LogP contribution in [0.3, 0.4) is 0 Å². The third-order valence-electron chi connectivity index (χ3n) is 4.54. The molecule has 3 aromatic rings. The maximum atomic E-state index is 13.3. The molecule has 0 spiro atoms. The van der Waals surface area contributed by atoms with Crippen molar-refractivity contribution >= 4 is 23.0 Å². The van der Waals surface area contributed by atoms with Gasteiger partial charge in [-0.25, -0.2) is 9.38 Å². The van der Waals surface area contributed by atoms with Crippen LogP contribution < -0.4 is 0 Å². The van der Waals surface area contributed by atoms with E-state index in [2.05, 4.69) is 5.16 Å². The number of halogens is 2.